The average Bonchev–Trinajstić information content (AvgIpc) is 2.17. The molecular weight excluding hydrogens is 196 g/mol. The summed E-state index contributed by atoms with van der Waals surface area (Å²) in [4.78, 5) is -0.384. The quantitative estimate of drug-likeness (QED) is 0.376. The van der Waals surface area contributed by atoms with E-state index in [0.29, 0.717) is 0 Å². The summed E-state index contributed by atoms with van der Waals surface area (Å²) in [7, 11) is 0. The molecule has 82 valence electrons. The predicted octanol–water partition coefficient (Wildman–Crippen LogP) is 4.53. The molecule has 1 saturated carbocycles. The van der Waals surface area contributed by atoms with Crippen LogP contribution in [-0.4, -0.2) is 10.5 Å². The summed E-state index contributed by atoms with van der Waals surface area (Å²) in [6.07, 6.45) is 6.64. The van der Waals surface area contributed by atoms with Crippen molar-refractivity contribution in [3.8, 4) is 0 Å². The largest absolute Gasteiger partial charge is 0.186 e. The highest BCUT2D eigenvalue weighted by molar-refractivity contribution is 6.23. The highest BCUT2D eigenvalue weighted by atomic mass is 35.5. The van der Waals surface area contributed by atoms with Gasteiger partial charge in [0.15, 0.2) is 5.00 Å². The molecule has 0 spiro atoms. The van der Waals surface area contributed by atoms with Gasteiger partial charge in [-0.25, -0.2) is 0 Å². The van der Waals surface area contributed by atoms with E-state index in [9.17, 15) is 0 Å². The third-order valence-corrected chi connectivity index (χ3v) is 3.44. The summed E-state index contributed by atoms with van der Waals surface area (Å²) in [5.74, 6) is 0. The SMILES string of the molecule is CCC(C)(C)N=NC1(Cl)CCCCC1. The number of nitrogens with zero attached hydrogens (tertiary/aromatic N) is 2. The summed E-state index contributed by atoms with van der Waals surface area (Å²) in [6, 6.07) is 0. The number of halogens is 1. The molecule has 0 aromatic rings. The van der Waals surface area contributed by atoms with Crippen LogP contribution in [0.25, 0.3) is 0 Å². The first-order valence-corrected chi connectivity index (χ1v) is 5.98. The lowest BCUT2D eigenvalue weighted by molar-refractivity contribution is 0.362. The van der Waals surface area contributed by atoms with Gasteiger partial charge in [-0.05, 0) is 46.0 Å². The standard InChI is InChI=1S/C11H21ClN2/c1-4-10(2,3)13-14-11(12)8-6-5-7-9-11/h4-9H2,1-3H3. The van der Waals surface area contributed by atoms with Crippen LogP contribution in [0.1, 0.15) is 59.3 Å². The zero-order chi connectivity index (χ0) is 10.7. The second-order valence-electron chi connectivity index (χ2n) is 4.84. The average molecular weight is 217 g/mol. The molecule has 1 rings (SSSR count). The zero-order valence-electron chi connectivity index (χ0n) is 9.52. The zero-order valence-corrected chi connectivity index (χ0v) is 10.3. The highest BCUT2D eigenvalue weighted by Crippen LogP contribution is 2.36. The summed E-state index contributed by atoms with van der Waals surface area (Å²) in [5.41, 5.74) is -0.0562. The fourth-order valence-electron chi connectivity index (χ4n) is 1.49. The molecule has 0 radical (unpaired) electrons. The van der Waals surface area contributed by atoms with E-state index < -0.39 is 0 Å². The molecule has 3 heteroatoms. The first-order valence-electron chi connectivity index (χ1n) is 5.60. The van der Waals surface area contributed by atoms with Gasteiger partial charge in [0.05, 0.1) is 5.54 Å². The van der Waals surface area contributed by atoms with Gasteiger partial charge in [-0.15, -0.1) is 0 Å². The van der Waals surface area contributed by atoms with Gasteiger partial charge in [-0.1, -0.05) is 24.9 Å². The molecule has 2 nitrogen and oxygen atoms in total. The second-order valence-corrected chi connectivity index (χ2v) is 5.55. The van der Waals surface area contributed by atoms with E-state index in [4.69, 9.17) is 11.6 Å². The van der Waals surface area contributed by atoms with E-state index in [1.807, 2.05) is 0 Å². The smallest absolute Gasteiger partial charge is 0.154 e. The van der Waals surface area contributed by atoms with Gasteiger partial charge in [0.25, 0.3) is 0 Å². The summed E-state index contributed by atoms with van der Waals surface area (Å²) in [5, 5.41) is 8.71. The van der Waals surface area contributed by atoms with Crippen LogP contribution in [0.15, 0.2) is 10.2 Å². The van der Waals surface area contributed by atoms with Crippen LogP contribution in [0.5, 0.6) is 0 Å². The predicted molar refractivity (Wildman–Crippen MR) is 60.9 cm³/mol. The van der Waals surface area contributed by atoms with Crippen molar-refractivity contribution in [2.24, 2.45) is 10.2 Å². The van der Waals surface area contributed by atoms with Gasteiger partial charge >= 0.3 is 0 Å². The molecule has 14 heavy (non-hydrogen) atoms. The molecule has 0 aromatic heterocycles. The Morgan fingerprint density at radius 3 is 2.29 bits per heavy atom. The lowest BCUT2D eigenvalue weighted by Gasteiger charge is -2.27. The normalized spacial score (nSPS) is 22.9. The Bertz CT molecular complexity index is 205. The van der Waals surface area contributed by atoms with Crippen molar-refractivity contribution in [2.75, 3.05) is 0 Å². The van der Waals surface area contributed by atoms with Crippen molar-refractivity contribution < 1.29 is 0 Å². The minimum Gasteiger partial charge on any atom is -0.186 e. The maximum atomic E-state index is 6.38. The van der Waals surface area contributed by atoms with Crippen molar-refractivity contribution in [1.82, 2.24) is 0 Å². The maximum absolute atomic E-state index is 6.38. The number of hydrogen-bond donors (Lipinski definition) is 0. The lowest BCUT2D eigenvalue weighted by Crippen LogP contribution is -2.23. The monoisotopic (exact) mass is 216 g/mol. The number of azo groups is 1. The van der Waals surface area contributed by atoms with E-state index in [0.717, 1.165) is 19.3 Å². The molecule has 0 heterocycles. The molecule has 0 saturated heterocycles. The molecule has 0 aromatic carbocycles. The van der Waals surface area contributed by atoms with Crippen LogP contribution in [0.2, 0.25) is 0 Å². The van der Waals surface area contributed by atoms with Crippen molar-refractivity contribution in [3.05, 3.63) is 0 Å². The molecule has 0 atom stereocenters. The molecule has 1 aliphatic carbocycles. The second kappa shape index (κ2) is 4.61. The number of rotatable bonds is 3. The van der Waals surface area contributed by atoms with Crippen LogP contribution in [0.4, 0.5) is 0 Å². The van der Waals surface area contributed by atoms with Gasteiger partial charge in [0.2, 0.25) is 0 Å². The Balaban J connectivity index is 2.56. The molecule has 0 bridgehead atoms. The lowest BCUT2D eigenvalue weighted by atomic mass is 9.95. The first kappa shape index (κ1) is 12.0. The Kier molecular flexibility index (Phi) is 3.94. The Morgan fingerprint density at radius 2 is 1.79 bits per heavy atom. The van der Waals surface area contributed by atoms with E-state index in [-0.39, 0.29) is 10.5 Å². The fourth-order valence-corrected chi connectivity index (χ4v) is 1.79. The molecule has 1 fully saturated rings. The maximum Gasteiger partial charge on any atom is 0.154 e. The number of alkyl halides is 1. The Labute approximate surface area is 92.1 Å². The Morgan fingerprint density at radius 1 is 1.21 bits per heavy atom. The van der Waals surface area contributed by atoms with Crippen molar-refractivity contribution in [2.45, 2.75) is 69.8 Å². The molecule has 0 unspecified atom stereocenters. The third kappa shape index (κ3) is 3.56. The van der Waals surface area contributed by atoms with E-state index >= 15 is 0 Å². The van der Waals surface area contributed by atoms with Gasteiger partial charge in [-0.3, -0.25) is 0 Å². The minimum absolute atomic E-state index is 0.0562. The number of hydrogen-bond acceptors (Lipinski definition) is 2. The van der Waals surface area contributed by atoms with E-state index in [1.165, 1.54) is 19.3 Å². The molecule has 0 aliphatic heterocycles. The summed E-state index contributed by atoms with van der Waals surface area (Å²) >= 11 is 6.38. The molecule has 0 N–H and O–H groups in total. The van der Waals surface area contributed by atoms with Crippen molar-refractivity contribution in [3.63, 3.8) is 0 Å². The highest BCUT2D eigenvalue weighted by Gasteiger charge is 2.30. The Hall–Kier alpha value is -0.110. The van der Waals surface area contributed by atoms with Gasteiger partial charge in [0, 0.05) is 0 Å². The molecular formula is C11H21ClN2. The topological polar surface area (TPSA) is 24.7 Å². The fraction of sp³-hybridized carbons (Fsp3) is 1.00. The molecule has 1 aliphatic rings. The summed E-state index contributed by atoms with van der Waals surface area (Å²) in [6.45, 7) is 6.32. The van der Waals surface area contributed by atoms with E-state index in [2.05, 4.69) is 31.0 Å². The van der Waals surface area contributed by atoms with Gasteiger partial charge < -0.3 is 0 Å². The minimum atomic E-state index is -0.384. The van der Waals surface area contributed by atoms with Crippen LogP contribution < -0.4 is 0 Å². The van der Waals surface area contributed by atoms with Crippen LogP contribution in [0.3, 0.4) is 0 Å². The van der Waals surface area contributed by atoms with E-state index in [1.54, 1.807) is 0 Å². The molecule has 0 amide bonds. The van der Waals surface area contributed by atoms with Crippen LogP contribution in [0, 0.1) is 0 Å². The van der Waals surface area contributed by atoms with Gasteiger partial charge in [-0.2, -0.15) is 10.2 Å². The van der Waals surface area contributed by atoms with Crippen molar-refractivity contribution in [1.29, 1.82) is 0 Å². The summed E-state index contributed by atoms with van der Waals surface area (Å²) < 4.78 is 0. The van der Waals surface area contributed by atoms with Crippen LogP contribution >= 0.6 is 11.6 Å². The van der Waals surface area contributed by atoms with Crippen molar-refractivity contribution >= 4 is 11.6 Å². The third-order valence-electron chi connectivity index (χ3n) is 2.98. The first-order chi connectivity index (χ1) is 6.47. The van der Waals surface area contributed by atoms with Gasteiger partial charge in [0.1, 0.15) is 0 Å². The van der Waals surface area contributed by atoms with Crippen LogP contribution in [-0.2, 0) is 0 Å².